The monoisotopic (exact) mass is 347 g/mol. The minimum Gasteiger partial charge on any atom is -0.384 e. The van der Waals surface area contributed by atoms with E-state index in [1.54, 1.807) is 6.07 Å². The van der Waals surface area contributed by atoms with Gasteiger partial charge in [0.05, 0.1) is 5.56 Å². The van der Waals surface area contributed by atoms with Crippen LogP contribution in [0.2, 0.25) is 0 Å². The number of carbonyl (C=O) groups is 1. The molecule has 2 aromatic rings. The van der Waals surface area contributed by atoms with Crippen molar-refractivity contribution in [1.29, 1.82) is 0 Å². The van der Waals surface area contributed by atoms with Crippen molar-refractivity contribution in [3.63, 3.8) is 0 Å². The molecule has 110 valence electrons. The summed E-state index contributed by atoms with van der Waals surface area (Å²) in [4.78, 5) is 11.4. The van der Waals surface area contributed by atoms with E-state index in [1.165, 1.54) is 0 Å². The van der Waals surface area contributed by atoms with Crippen LogP contribution in [0.25, 0.3) is 0 Å². The van der Waals surface area contributed by atoms with Gasteiger partial charge in [-0.15, -0.1) is 0 Å². The van der Waals surface area contributed by atoms with Crippen molar-refractivity contribution in [2.45, 2.75) is 12.5 Å². The summed E-state index contributed by atoms with van der Waals surface area (Å²) in [5, 5.41) is 3.22. The third-order valence-electron chi connectivity index (χ3n) is 3.25. The molecule has 0 saturated heterocycles. The molecule has 0 aromatic heterocycles. The van der Waals surface area contributed by atoms with E-state index in [-0.39, 0.29) is 6.04 Å². The van der Waals surface area contributed by atoms with Crippen molar-refractivity contribution in [3.8, 4) is 0 Å². The van der Waals surface area contributed by atoms with Crippen LogP contribution in [-0.4, -0.2) is 12.5 Å². The van der Waals surface area contributed by atoms with Gasteiger partial charge in [-0.3, -0.25) is 4.79 Å². The molecule has 0 fully saturated rings. The Bertz CT molecular complexity index is 616. The summed E-state index contributed by atoms with van der Waals surface area (Å²) in [7, 11) is 0. The topological polar surface area (TPSA) is 81.1 Å². The minimum absolute atomic E-state index is 0.0359. The molecule has 1 amide bonds. The highest BCUT2D eigenvalue weighted by Crippen LogP contribution is 2.21. The molecule has 0 aliphatic carbocycles. The summed E-state index contributed by atoms with van der Waals surface area (Å²) in [6.07, 6.45) is 0.762. The molecule has 5 N–H and O–H groups in total. The fraction of sp³-hybridized carbons (Fsp3) is 0.188. The van der Waals surface area contributed by atoms with E-state index in [2.05, 4.69) is 21.2 Å². The lowest BCUT2D eigenvalue weighted by Crippen LogP contribution is -2.18. The Hall–Kier alpha value is -1.85. The molecule has 1 atom stereocenters. The molecule has 1 unspecified atom stereocenters. The van der Waals surface area contributed by atoms with Gasteiger partial charge in [0.1, 0.15) is 0 Å². The Morgan fingerprint density at radius 1 is 1.19 bits per heavy atom. The second kappa shape index (κ2) is 7.24. The number of nitrogens with two attached hydrogens (primary N) is 2. The van der Waals surface area contributed by atoms with Crippen LogP contribution in [-0.2, 0) is 0 Å². The highest BCUT2D eigenvalue weighted by molar-refractivity contribution is 9.10. The fourth-order valence-corrected chi connectivity index (χ4v) is 2.46. The Labute approximate surface area is 132 Å². The van der Waals surface area contributed by atoms with Gasteiger partial charge in [-0.1, -0.05) is 46.3 Å². The van der Waals surface area contributed by atoms with Gasteiger partial charge in [-0.25, -0.2) is 0 Å². The van der Waals surface area contributed by atoms with Crippen molar-refractivity contribution in [1.82, 2.24) is 0 Å². The van der Waals surface area contributed by atoms with E-state index in [9.17, 15) is 4.79 Å². The number of primary amides is 1. The number of nitrogens with one attached hydrogen (secondary N) is 1. The molecule has 2 aromatic carbocycles. The number of halogens is 1. The average molecular weight is 348 g/mol. The lowest BCUT2D eigenvalue weighted by atomic mass is 10.0. The number of carbonyl (C=O) groups excluding carboxylic acids is 1. The van der Waals surface area contributed by atoms with Gasteiger partial charge in [-0.05, 0) is 30.2 Å². The quantitative estimate of drug-likeness (QED) is 0.751. The van der Waals surface area contributed by atoms with Crippen LogP contribution >= 0.6 is 15.9 Å². The summed E-state index contributed by atoms with van der Waals surface area (Å²) >= 11 is 3.33. The highest BCUT2D eigenvalue weighted by atomic mass is 79.9. The first-order valence-corrected chi connectivity index (χ1v) is 7.51. The van der Waals surface area contributed by atoms with Crippen LogP contribution in [0, 0.1) is 0 Å². The number of anilines is 1. The molecule has 0 spiro atoms. The van der Waals surface area contributed by atoms with E-state index < -0.39 is 5.91 Å². The highest BCUT2D eigenvalue weighted by Gasteiger charge is 2.09. The Morgan fingerprint density at radius 3 is 2.57 bits per heavy atom. The lowest BCUT2D eigenvalue weighted by molar-refractivity contribution is 0.100. The third kappa shape index (κ3) is 4.31. The van der Waals surface area contributed by atoms with E-state index in [0.717, 1.165) is 22.1 Å². The van der Waals surface area contributed by atoms with Crippen molar-refractivity contribution in [3.05, 3.63) is 64.1 Å². The van der Waals surface area contributed by atoms with E-state index in [0.29, 0.717) is 12.1 Å². The number of benzene rings is 2. The predicted octanol–water partition coefficient (Wildman–Crippen LogP) is 3.05. The molecule has 0 aliphatic heterocycles. The van der Waals surface area contributed by atoms with Gasteiger partial charge in [0.2, 0.25) is 0 Å². The Kier molecular flexibility index (Phi) is 5.36. The summed E-state index contributed by atoms with van der Waals surface area (Å²) in [6, 6.07) is 15.3. The van der Waals surface area contributed by atoms with Crippen LogP contribution in [0.3, 0.4) is 0 Å². The Balaban J connectivity index is 1.96. The van der Waals surface area contributed by atoms with Gasteiger partial charge in [0.15, 0.2) is 0 Å². The molecule has 5 heteroatoms. The van der Waals surface area contributed by atoms with Gasteiger partial charge in [0.25, 0.3) is 5.91 Å². The maximum absolute atomic E-state index is 11.4. The molecule has 21 heavy (non-hydrogen) atoms. The zero-order chi connectivity index (χ0) is 15.2. The average Bonchev–Trinajstić information content (AvgIpc) is 2.49. The van der Waals surface area contributed by atoms with Gasteiger partial charge >= 0.3 is 0 Å². The number of hydrogen-bond donors (Lipinski definition) is 3. The van der Waals surface area contributed by atoms with Gasteiger partial charge < -0.3 is 16.8 Å². The maximum Gasteiger partial charge on any atom is 0.250 e. The minimum atomic E-state index is -0.453. The van der Waals surface area contributed by atoms with Crippen LogP contribution in [0.1, 0.15) is 28.4 Å². The van der Waals surface area contributed by atoms with E-state index in [4.69, 9.17) is 11.5 Å². The molecule has 0 radical (unpaired) electrons. The van der Waals surface area contributed by atoms with Crippen LogP contribution in [0.5, 0.6) is 0 Å². The smallest absolute Gasteiger partial charge is 0.250 e. The summed E-state index contributed by atoms with van der Waals surface area (Å²) in [6.45, 7) is 0.665. The second-order valence-corrected chi connectivity index (χ2v) is 5.70. The van der Waals surface area contributed by atoms with E-state index in [1.807, 2.05) is 42.5 Å². The first-order chi connectivity index (χ1) is 10.1. The van der Waals surface area contributed by atoms with Gasteiger partial charge in [0, 0.05) is 22.7 Å². The number of rotatable bonds is 6. The maximum atomic E-state index is 11.4. The molecular formula is C16H18BrN3O. The summed E-state index contributed by atoms with van der Waals surface area (Å²) in [5.41, 5.74) is 13.8. The normalized spacial score (nSPS) is 11.9. The molecule has 0 bridgehead atoms. The number of hydrogen-bond acceptors (Lipinski definition) is 3. The van der Waals surface area contributed by atoms with Crippen molar-refractivity contribution < 1.29 is 4.79 Å². The van der Waals surface area contributed by atoms with Crippen molar-refractivity contribution in [2.24, 2.45) is 11.5 Å². The standard InChI is InChI=1S/C16H18BrN3O/c17-12-6-7-15(13(10-12)16(19)21)20-9-8-14(18)11-4-2-1-3-5-11/h1-7,10,14,20H,8-9,18H2,(H2,19,21). The van der Waals surface area contributed by atoms with Crippen molar-refractivity contribution >= 4 is 27.5 Å². The fourth-order valence-electron chi connectivity index (χ4n) is 2.10. The zero-order valence-corrected chi connectivity index (χ0v) is 13.1. The van der Waals surface area contributed by atoms with Crippen LogP contribution < -0.4 is 16.8 Å². The predicted molar refractivity (Wildman–Crippen MR) is 89.1 cm³/mol. The molecular weight excluding hydrogens is 330 g/mol. The first-order valence-electron chi connectivity index (χ1n) is 6.71. The SMILES string of the molecule is NC(=O)c1cc(Br)ccc1NCCC(N)c1ccccc1. The molecule has 0 saturated carbocycles. The molecule has 0 aliphatic rings. The lowest BCUT2D eigenvalue weighted by Gasteiger charge is -2.14. The second-order valence-electron chi connectivity index (χ2n) is 4.79. The van der Waals surface area contributed by atoms with Crippen molar-refractivity contribution in [2.75, 3.05) is 11.9 Å². The zero-order valence-electron chi connectivity index (χ0n) is 11.6. The molecule has 0 heterocycles. The van der Waals surface area contributed by atoms with Crippen LogP contribution in [0.4, 0.5) is 5.69 Å². The number of amides is 1. The Morgan fingerprint density at radius 2 is 1.90 bits per heavy atom. The van der Waals surface area contributed by atoms with E-state index >= 15 is 0 Å². The summed E-state index contributed by atoms with van der Waals surface area (Å²) in [5.74, 6) is -0.453. The first kappa shape index (κ1) is 15.5. The summed E-state index contributed by atoms with van der Waals surface area (Å²) < 4.78 is 0.822. The largest absolute Gasteiger partial charge is 0.384 e. The third-order valence-corrected chi connectivity index (χ3v) is 3.74. The van der Waals surface area contributed by atoms with Crippen LogP contribution in [0.15, 0.2) is 53.0 Å². The van der Waals surface area contributed by atoms with Gasteiger partial charge in [-0.2, -0.15) is 0 Å². The molecule has 2 rings (SSSR count). The molecule has 4 nitrogen and oxygen atoms in total.